The summed E-state index contributed by atoms with van der Waals surface area (Å²) >= 11 is 0. The first-order valence-corrected chi connectivity index (χ1v) is 31.0. The van der Waals surface area contributed by atoms with Crippen LogP contribution in [0.15, 0.2) is 60.9 Å². The third-order valence-corrected chi connectivity index (χ3v) is 19.8. The van der Waals surface area contributed by atoms with Crippen LogP contribution in [0.3, 0.4) is 0 Å². The van der Waals surface area contributed by atoms with E-state index < -0.39 is 40.9 Å². The number of hydrogen-bond acceptors (Lipinski definition) is 13. The summed E-state index contributed by atoms with van der Waals surface area (Å²) in [7, 11) is 0. The van der Waals surface area contributed by atoms with E-state index in [4.69, 9.17) is 9.97 Å². The zero-order chi connectivity index (χ0) is 60.0. The van der Waals surface area contributed by atoms with Gasteiger partial charge in [0.25, 0.3) is 17.7 Å². The zero-order valence-electron chi connectivity index (χ0n) is 49.6. The number of rotatable bonds is 12. The third-order valence-electron chi connectivity index (χ3n) is 19.8. The first kappa shape index (κ1) is 57.0. The molecule has 21 heteroatoms. The van der Waals surface area contributed by atoms with Gasteiger partial charge in [0.15, 0.2) is 5.82 Å². The summed E-state index contributed by atoms with van der Waals surface area (Å²) in [6.07, 6.45) is 9.90. The van der Waals surface area contributed by atoms with E-state index in [9.17, 15) is 33.6 Å². The van der Waals surface area contributed by atoms with Gasteiger partial charge < -0.3 is 39.7 Å². The number of likely N-dealkylation sites (tertiary alicyclic amines) is 3. The fraction of sp³-hybridized carbons (Fsp3) is 0.508. The Labute approximate surface area is 499 Å². The Morgan fingerprint density at radius 3 is 2.19 bits per heavy atom. The summed E-state index contributed by atoms with van der Waals surface area (Å²) in [6.45, 7) is 14.4. The number of aryl methyl sites for hydroxylation is 1. The predicted octanol–water partition coefficient (Wildman–Crippen LogP) is 7.40. The number of aromatic nitrogens is 3. The van der Waals surface area contributed by atoms with Gasteiger partial charge in [-0.1, -0.05) is 18.6 Å². The van der Waals surface area contributed by atoms with Crippen molar-refractivity contribution >= 4 is 81.2 Å². The Morgan fingerprint density at radius 1 is 0.744 bits per heavy atom. The number of nitrogens with one attached hydrogen (secondary N) is 3. The summed E-state index contributed by atoms with van der Waals surface area (Å²) in [5.74, 6) is -3.13. The van der Waals surface area contributed by atoms with Crippen LogP contribution in [0.5, 0.6) is 0 Å². The normalized spacial score (nSPS) is 23.4. The van der Waals surface area contributed by atoms with Crippen LogP contribution in [0.2, 0.25) is 0 Å². The number of amides is 8. The quantitative estimate of drug-likeness (QED) is 0.104. The highest BCUT2D eigenvalue weighted by atomic mass is 19.1. The molecule has 2 atom stereocenters. The van der Waals surface area contributed by atoms with E-state index in [1.54, 1.807) is 31.5 Å². The number of pyridine rings is 1. The van der Waals surface area contributed by atoms with Gasteiger partial charge in [0.05, 0.1) is 45.7 Å². The summed E-state index contributed by atoms with van der Waals surface area (Å²) in [4.78, 5) is 130. The lowest BCUT2D eigenvalue weighted by Crippen LogP contribution is -2.58. The van der Waals surface area contributed by atoms with E-state index in [0.29, 0.717) is 111 Å². The molecule has 5 saturated heterocycles. The third kappa shape index (κ3) is 9.96. The molecule has 0 radical (unpaired) electrons. The maximum atomic E-state index is 16.0. The van der Waals surface area contributed by atoms with Crippen molar-refractivity contribution in [2.75, 3.05) is 67.5 Å². The maximum absolute atomic E-state index is 16.0. The summed E-state index contributed by atoms with van der Waals surface area (Å²) < 4.78 is 18.0. The average molecular weight is 1170 g/mol. The van der Waals surface area contributed by atoms with Crippen LogP contribution in [0, 0.1) is 24.6 Å². The van der Waals surface area contributed by atoms with Gasteiger partial charge >= 0.3 is 0 Å². The number of anilines is 4. The second-order valence-electron chi connectivity index (χ2n) is 25.8. The molecule has 3 N–H and O–H groups in total. The van der Waals surface area contributed by atoms with Crippen molar-refractivity contribution in [2.24, 2.45) is 11.8 Å². The number of imide groups is 2. The Bertz CT molecular complexity index is 3650. The van der Waals surface area contributed by atoms with E-state index in [1.165, 1.54) is 31.4 Å². The van der Waals surface area contributed by atoms with Crippen LogP contribution in [0.25, 0.3) is 22.3 Å². The van der Waals surface area contributed by atoms with Gasteiger partial charge in [0, 0.05) is 98.3 Å². The minimum absolute atomic E-state index is 0.00184. The Morgan fingerprint density at radius 2 is 1.47 bits per heavy atom. The highest BCUT2D eigenvalue weighted by molar-refractivity contribution is 6.24. The lowest BCUT2D eigenvalue weighted by Gasteiger charge is -2.48. The second-order valence-corrected chi connectivity index (χ2v) is 25.8. The Balaban J connectivity index is 0.697. The maximum Gasteiger partial charge on any atom is 0.262 e. The summed E-state index contributed by atoms with van der Waals surface area (Å²) in [5.41, 5.74) is 5.80. The molecule has 450 valence electrons. The van der Waals surface area contributed by atoms with Crippen molar-refractivity contribution in [1.29, 1.82) is 0 Å². The molecule has 1 aliphatic carbocycles. The number of carbonyl (C=O) groups excluding carboxylic acids is 8. The van der Waals surface area contributed by atoms with E-state index in [2.05, 4.69) is 42.8 Å². The van der Waals surface area contributed by atoms with Gasteiger partial charge in [-0.2, -0.15) is 0 Å². The standard InChI is InChI=1S/C65H75FN12O8/c1-36(2)68-58(80)46-32-51(49(66)27-38(46)5)70-57-56-52(67-35-76(56)37(3)4)33-50(69-57)40-9-12-48-54(28-40)77(44-29-43(30-44)72-20-7-6-8-21-72)64(86)65(48)18-25-74(26-19-65)61(83)41-17-24-75(34-41)60(82)39-15-22-73(23-16-39)42-10-11-45-47(31-42)63(85)78(62(45)84)53-13-14-55(79)71-59(53)81/h9-12,27-28,31-33,35-37,39,41,43-44,53H,6-8,13-26,29-30,34H2,1-5H3,(H,68,80)(H,69,70)(H,71,79,81). The van der Waals surface area contributed by atoms with Gasteiger partial charge in [-0.3, -0.25) is 48.6 Å². The van der Waals surface area contributed by atoms with Crippen LogP contribution >= 0.6 is 0 Å². The first-order valence-electron chi connectivity index (χ1n) is 31.0. The van der Waals surface area contributed by atoms with Crippen LogP contribution < -0.4 is 25.8 Å². The van der Waals surface area contributed by atoms with Gasteiger partial charge in [-0.25, -0.2) is 14.4 Å². The monoisotopic (exact) mass is 1170 g/mol. The molecule has 1 spiro atoms. The van der Waals surface area contributed by atoms with Crippen molar-refractivity contribution in [2.45, 2.75) is 147 Å². The van der Waals surface area contributed by atoms with Gasteiger partial charge in [0.2, 0.25) is 29.5 Å². The molecule has 3 aromatic carbocycles. The van der Waals surface area contributed by atoms with E-state index in [-0.39, 0.29) is 83.2 Å². The topological polar surface area (TPSA) is 223 Å². The van der Waals surface area contributed by atoms with Crippen molar-refractivity contribution in [1.82, 2.24) is 44.8 Å². The van der Waals surface area contributed by atoms with Crippen LogP contribution in [0.1, 0.15) is 153 Å². The van der Waals surface area contributed by atoms with Crippen LogP contribution in [0.4, 0.5) is 27.3 Å². The predicted molar refractivity (Wildman–Crippen MR) is 320 cm³/mol. The highest BCUT2D eigenvalue weighted by Gasteiger charge is 2.56. The molecule has 86 heavy (non-hydrogen) atoms. The van der Waals surface area contributed by atoms with Gasteiger partial charge in [0.1, 0.15) is 17.4 Å². The minimum Gasteiger partial charge on any atom is -0.371 e. The molecule has 13 rings (SSSR count). The summed E-state index contributed by atoms with van der Waals surface area (Å²) in [5, 5.41) is 8.43. The molecule has 5 aromatic rings. The van der Waals surface area contributed by atoms with Crippen molar-refractivity contribution < 1.29 is 42.7 Å². The zero-order valence-corrected chi connectivity index (χ0v) is 49.6. The fourth-order valence-electron chi connectivity index (χ4n) is 14.9. The smallest absolute Gasteiger partial charge is 0.262 e. The molecule has 20 nitrogen and oxygen atoms in total. The number of halogens is 1. The molecule has 1 saturated carbocycles. The molecule has 2 unspecified atom stereocenters. The molecule has 8 aliphatic rings. The number of imidazole rings is 1. The highest BCUT2D eigenvalue weighted by Crippen LogP contribution is 2.53. The van der Waals surface area contributed by atoms with E-state index in [0.717, 1.165) is 53.3 Å². The van der Waals surface area contributed by atoms with Crippen LogP contribution in [-0.2, 0) is 29.4 Å². The molecular weight excluding hydrogens is 1100 g/mol. The number of carbonyl (C=O) groups is 8. The van der Waals surface area contributed by atoms with Crippen LogP contribution in [-0.4, -0.2) is 158 Å². The molecule has 6 fully saturated rings. The van der Waals surface area contributed by atoms with Gasteiger partial charge in [-0.15, -0.1) is 0 Å². The molecule has 7 aliphatic heterocycles. The Kier molecular flexibility index (Phi) is 14.8. The molecule has 0 bridgehead atoms. The number of hydrogen-bond donors (Lipinski definition) is 3. The fourth-order valence-corrected chi connectivity index (χ4v) is 14.9. The van der Waals surface area contributed by atoms with Gasteiger partial charge in [-0.05, 0) is 166 Å². The minimum atomic E-state index is -1.05. The van der Waals surface area contributed by atoms with Crippen molar-refractivity contribution in [3.05, 3.63) is 94.6 Å². The number of nitrogens with zero attached hydrogens (tertiary/aromatic N) is 9. The van der Waals surface area contributed by atoms with Crippen molar-refractivity contribution in [3.8, 4) is 11.3 Å². The number of fused-ring (bicyclic) bond motifs is 4. The average Bonchev–Trinajstić information content (AvgIpc) is 1.66. The second kappa shape index (κ2) is 22.3. The van der Waals surface area contributed by atoms with Crippen molar-refractivity contribution in [3.63, 3.8) is 0 Å². The SMILES string of the molecule is Cc1cc(F)c(Nc2nc(-c3ccc4c(c3)N(C3CC(N5CCCCC5)C3)C(=O)C43CCN(C(=O)C4CCN(C(=O)C5CCN(c6ccc7c(c6)C(=O)N(C6CCC(=O)NC6=O)C7=O)CC5)C4)CC3)cc3ncn(C(C)C)c23)cc1C(=O)NC(C)C. The number of piperidine rings is 4. The Hall–Kier alpha value is -8.07. The van der Waals surface area contributed by atoms with E-state index in [1.807, 2.05) is 54.2 Å². The largest absolute Gasteiger partial charge is 0.371 e. The summed E-state index contributed by atoms with van der Waals surface area (Å²) in [6, 6.07) is 15.3. The molecule has 9 heterocycles. The molecule has 8 amide bonds. The first-order chi connectivity index (χ1) is 41.3. The number of benzene rings is 3. The molecule has 2 aromatic heterocycles. The van der Waals surface area contributed by atoms with E-state index >= 15 is 9.18 Å². The molecular formula is C65H75FN12O8. The lowest BCUT2D eigenvalue weighted by atomic mass is 9.73. The lowest BCUT2D eigenvalue weighted by molar-refractivity contribution is -0.140.